The highest BCUT2D eigenvalue weighted by Crippen LogP contribution is 2.15. The van der Waals surface area contributed by atoms with Crippen molar-refractivity contribution >= 4 is 28.3 Å². The summed E-state index contributed by atoms with van der Waals surface area (Å²) in [6.45, 7) is -2.28. The molecular weight excluding hydrogens is 339 g/mol. The first-order valence-corrected chi connectivity index (χ1v) is 6.04. The van der Waals surface area contributed by atoms with E-state index >= 15 is 0 Å². The molecule has 0 fully saturated rings. The van der Waals surface area contributed by atoms with Crippen molar-refractivity contribution in [2.24, 2.45) is 0 Å². The smallest absolute Gasteiger partial charge is 0.319 e. The first-order chi connectivity index (χ1) is 8.16. The Kier molecular flexibility index (Phi) is 3.93. The highest BCUT2D eigenvalue weighted by Gasteiger charge is 2.10. The minimum atomic E-state index is -2.55. The van der Waals surface area contributed by atoms with E-state index in [1.54, 1.807) is 0 Å². The zero-order valence-electron chi connectivity index (χ0n) is 8.78. The zero-order valence-corrected chi connectivity index (χ0v) is 10.9. The number of halogens is 3. The molecule has 0 aliphatic heterocycles. The first kappa shape index (κ1) is 12.3. The van der Waals surface area contributed by atoms with Crippen molar-refractivity contribution in [2.75, 3.05) is 5.32 Å². The van der Waals surface area contributed by atoms with Gasteiger partial charge in [0.1, 0.15) is 5.82 Å². The number of anilines is 1. The molecule has 0 bridgehead atoms. The van der Waals surface area contributed by atoms with Gasteiger partial charge in [-0.3, -0.25) is 4.57 Å². The van der Waals surface area contributed by atoms with Crippen LogP contribution in [0.1, 0.15) is 12.4 Å². The molecule has 0 amide bonds. The lowest BCUT2D eigenvalue weighted by Gasteiger charge is -2.08. The molecule has 0 spiro atoms. The number of hydrogen-bond acceptors (Lipinski definition) is 2. The second kappa shape index (κ2) is 5.44. The Labute approximate surface area is 111 Å². The summed E-state index contributed by atoms with van der Waals surface area (Å²) in [7, 11) is 0. The van der Waals surface area contributed by atoms with Gasteiger partial charge in [0, 0.05) is 21.7 Å². The van der Waals surface area contributed by atoms with E-state index in [0.717, 1.165) is 13.8 Å². The van der Waals surface area contributed by atoms with Gasteiger partial charge in [-0.05, 0) is 40.8 Å². The van der Waals surface area contributed by atoms with Gasteiger partial charge in [-0.2, -0.15) is 8.78 Å². The molecule has 0 radical (unpaired) electrons. The lowest BCUT2D eigenvalue weighted by molar-refractivity contribution is 0.0673. The Morgan fingerprint density at radius 1 is 1.41 bits per heavy atom. The van der Waals surface area contributed by atoms with E-state index in [1.807, 2.05) is 24.3 Å². The van der Waals surface area contributed by atoms with Crippen LogP contribution in [0.3, 0.4) is 0 Å². The van der Waals surface area contributed by atoms with Gasteiger partial charge >= 0.3 is 6.55 Å². The van der Waals surface area contributed by atoms with Gasteiger partial charge in [-0.15, -0.1) is 0 Å². The molecule has 0 aliphatic carbocycles. The predicted molar refractivity (Wildman–Crippen MR) is 70.0 cm³/mol. The maximum absolute atomic E-state index is 12.5. The second-order valence-electron chi connectivity index (χ2n) is 3.39. The number of hydrogen-bond donors (Lipinski definition) is 1. The summed E-state index contributed by atoms with van der Waals surface area (Å²) in [5.74, 6) is 0.318. The monoisotopic (exact) mass is 349 g/mol. The number of rotatable bonds is 4. The molecule has 3 nitrogen and oxygen atoms in total. The lowest BCUT2D eigenvalue weighted by atomic mass is 10.3. The van der Waals surface area contributed by atoms with Gasteiger partial charge in [0.2, 0.25) is 0 Å². The standard InChI is InChI=1S/C11H10F2IN3/c12-11(13)17-5-4-15-10(17)7-16-9-3-1-2-8(14)6-9/h1-6,11,16H,7H2. The molecule has 2 rings (SSSR count). The van der Waals surface area contributed by atoms with Crippen LogP contribution in [0.2, 0.25) is 0 Å². The van der Waals surface area contributed by atoms with Crippen LogP contribution < -0.4 is 5.32 Å². The van der Waals surface area contributed by atoms with Crippen LogP contribution >= 0.6 is 22.6 Å². The topological polar surface area (TPSA) is 29.9 Å². The van der Waals surface area contributed by atoms with E-state index in [1.165, 1.54) is 12.4 Å². The van der Waals surface area contributed by atoms with Gasteiger partial charge in [-0.25, -0.2) is 4.98 Å². The van der Waals surface area contributed by atoms with Crippen molar-refractivity contribution in [3.63, 3.8) is 0 Å². The van der Waals surface area contributed by atoms with Gasteiger partial charge in [0.05, 0.1) is 6.54 Å². The molecule has 1 N–H and O–H groups in total. The molecule has 0 unspecified atom stereocenters. The quantitative estimate of drug-likeness (QED) is 0.857. The average Bonchev–Trinajstić information content (AvgIpc) is 2.74. The largest absolute Gasteiger partial charge is 0.378 e. The molecule has 6 heteroatoms. The summed E-state index contributed by atoms with van der Waals surface area (Å²) in [4.78, 5) is 3.89. The van der Waals surface area contributed by atoms with Crippen LogP contribution in [-0.2, 0) is 6.54 Å². The summed E-state index contributed by atoms with van der Waals surface area (Å²) in [6.07, 6.45) is 2.65. The van der Waals surface area contributed by atoms with E-state index in [4.69, 9.17) is 0 Å². The van der Waals surface area contributed by atoms with E-state index in [2.05, 4.69) is 32.9 Å². The summed E-state index contributed by atoms with van der Waals surface area (Å²) < 4.78 is 27.0. The molecule has 0 aliphatic rings. The Balaban J connectivity index is 2.05. The molecule has 1 aromatic heterocycles. The Hall–Kier alpha value is -1.18. The van der Waals surface area contributed by atoms with Crippen LogP contribution in [-0.4, -0.2) is 9.55 Å². The maximum atomic E-state index is 12.5. The van der Waals surface area contributed by atoms with Crippen molar-refractivity contribution in [2.45, 2.75) is 13.1 Å². The predicted octanol–water partition coefficient (Wildman–Crippen LogP) is 3.49. The van der Waals surface area contributed by atoms with Gasteiger partial charge in [0.25, 0.3) is 0 Å². The van der Waals surface area contributed by atoms with Crippen LogP contribution in [0, 0.1) is 3.57 Å². The Bertz CT molecular complexity index is 499. The second-order valence-corrected chi connectivity index (χ2v) is 4.64. The van der Waals surface area contributed by atoms with Crippen molar-refractivity contribution in [3.05, 3.63) is 46.1 Å². The van der Waals surface area contributed by atoms with Crippen molar-refractivity contribution in [1.29, 1.82) is 0 Å². The van der Waals surface area contributed by atoms with Crippen LogP contribution in [0.4, 0.5) is 14.5 Å². The third kappa shape index (κ3) is 3.15. The third-order valence-electron chi connectivity index (χ3n) is 2.23. The van der Waals surface area contributed by atoms with Crippen LogP contribution in [0.25, 0.3) is 0 Å². The molecule has 0 saturated carbocycles. The molecule has 90 valence electrons. The Morgan fingerprint density at radius 3 is 2.94 bits per heavy atom. The first-order valence-electron chi connectivity index (χ1n) is 4.96. The minimum Gasteiger partial charge on any atom is -0.378 e. The van der Waals surface area contributed by atoms with Crippen molar-refractivity contribution < 1.29 is 8.78 Å². The van der Waals surface area contributed by atoms with E-state index < -0.39 is 6.55 Å². The molecule has 1 heterocycles. The molecule has 2 aromatic rings. The average molecular weight is 349 g/mol. The lowest BCUT2D eigenvalue weighted by Crippen LogP contribution is -2.09. The number of nitrogens with zero attached hydrogens (tertiary/aromatic N) is 2. The summed E-state index contributed by atoms with van der Waals surface area (Å²) in [6, 6.07) is 7.70. The fourth-order valence-electron chi connectivity index (χ4n) is 1.44. The van der Waals surface area contributed by atoms with Gasteiger partial charge in [-0.1, -0.05) is 6.07 Å². The normalized spacial score (nSPS) is 10.8. The molecule has 1 aromatic carbocycles. The summed E-state index contributed by atoms with van der Waals surface area (Å²) >= 11 is 2.20. The zero-order chi connectivity index (χ0) is 12.3. The van der Waals surface area contributed by atoms with Crippen LogP contribution in [0.15, 0.2) is 36.7 Å². The molecule has 0 saturated heterocycles. The van der Waals surface area contributed by atoms with E-state index in [-0.39, 0.29) is 6.54 Å². The number of imidazole rings is 1. The summed E-state index contributed by atoms with van der Waals surface area (Å²) in [5, 5.41) is 3.06. The Morgan fingerprint density at radius 2 is 2.24 bits per heavy atom. The SMILES string of the molecule is FC(F)n1ccnc1CNc1cccc(I)c1. The van der Waals surface area contributed by atoms with Crippen molar-refractivity contribution in [1.82, 2.24) is 9.55 Å². The van der Waals surface area contributed by atoms with Crippen LogP contribution in [0.5, 0.6) is 0 Å². The summed E-state index contributed by atoms with van der Waals surface area (Å²) in [5.41, 5.74) is 0.890. The van der Waals surface area contributed by atoms with Gasteiger partial charge < -0.3 is 5.32 Å². The highest BCUT2D eigenvalue weighted by atomic mass is 127. The fraction of sp³-hybridized carbons (Fsp3) is 0.182. The molecule has 0 atom stereocenters. The van der Waals surface area contributed by atoms with Crippen molar-refractivity contribution in [3.8, 4) is 0 Å². The number of nitrogens with one attached hydrogen (secondary N) is 1. The molecule has 17 heavy (non-hydrogen) atoms. The molecular formula is C11H10F2IN3. The van der Waals surface area contributed by atoms with E-state index in [0.29, 0.717) is 5.82 Å². The maximum Gasteiger partial charge on any atom is 0.319 e. The number of benzene rings is 1. The third-order valence-corrected chi connectivity index (χ3v) is 2.91. The van der Waals surface area contributed by atoms with E-state index in [9.17, 15) is 8.78 Å². The minimum absolute atomic E-state index is 0.275. The van der Waals surface area contributed by atoms with Gasteiger partial charge in [0.15, 0.2) is 0 Å². The fourth-order valence-corrected chi connectivity index (χ4v) is 1.98. The highest BCUT2D eigenvalue weighted by molar-refractivity contribution is 14.1. The number of aromatic nitrogens is 2. The number of alkyl halides is 2.